The minimum Gasteiger partial charge on any atom is -0.280 e. The third-order valence-corrected chi connectivity index (χ3v) is 5.06. The fourth-order valence-electron chi connectivity index (χ4n) is 3.64. The maximum absolute atomic E-state index is 12.4. The molecule has 0 N–H and O–H groups in total. The van der Waals surface area contributed by atoms with Crippen molar-refractivity contribution >= 4 is 21.9 Å². The number of allylic oxidation sites excluding steroid dienone is 2. The standard InChI is InChI=1S/C13H17NO5S/c1-20(17,18)19-7-6-14-12(15)10-8-2-3-9(5-4-8)11(10)13(14)16/h2-3,8-11H,4-7H2,1H3. The second kappa shape index (κ2) is 4.66. The highest BCUT2D eigenvalue weighted by molar-refractivity contribution is 7.85. The molecule has 110 valence electrons. The zero-order valence-corrected chi connectivity index (χ0v) is 12.0. The Morgan fingerprint density at radius 2 is 1.65 bits per heavy atom. The monoisotopic (exact) mass is 299 g/mol. The van der Waals surface area contributed by atoms with Crippen molar-refractivity contribution in [3.05, 3.63) is 12.2 Å². The number of amides is 2. The van der Waals surface area contributed by atoms with Gasteiger partial charge in [0.2, 0.25) is 11.8 Å². The lowest BCUT2D eigenvalue weighted by Crippen LogP contribution is -2.38. The fraction of sp³-hybridized carbons (Fsp3) is 0.692. The minimum absolute atomic E-state index is 0.0111. The summed E-state index contributed by atoms with van der Waals surface area (Å²) in [5.74, 6) is -0.522. The zero-order valence-electron chi connectivity index (χ0n) is 11.2. The van der Waals surface area contributed by atoms with Gasteiger partial charge in [0, 0.05) is 0 Å². The van der Waals surface area contributed by atoms with Crippen LogP contribution in [0.25, 0.3) is 0 Å². The van der Waals surface area contributed by atoms with E-state index in [-0.39, 0.29) is 48.6 Å². The van der Waals surface area contributed by atoms with Crippen LogP contribution in [0.2, 0.25) is 0 Å². The van der Waals surface area contributed by atoms with Gasteiger partial charge in [0.15, 0.2) is 0 Å². The molecule has 4 aliphatic rings. The van der Waals surface area contributed by atoms with Crippen LogP contribution in [0.3, 0.4) is 0 Å². The normalized spacial score (nSPS) is 35.8. The lowest BCUT2D eigenvalue weighted by Gasteiger charge is -2.38. The Morgan fingerprint density at radius 3 is 2.05 bits per heavy atom. The number of carbonyl (C=O) groups is 2. The molecule has 6 nitrogen and oxygen atoms in total. The first-order valence-corrected chi connectivity index (χ1v) is 8.58. The van der Waals surface area contributed by atoms with Crippen molar-refractivity contribution in [1.82, 2.24) is 4.90 Å². The number of rotatable bonds is 4. The summed E-state index contributed by atoms with van der Waals surface area (Å²) in [6, 6.07) is 0. The van der Waals surface area contributed by atoms with Gasteiger partial charge in [-0.25, -0.2) is 0 Å². The molecule has 4 unspecified atom stereocenters. The summed E-state index contributed by atoms with van der Waals surface area (Å²) < 4.78 is 26.4. The maximum Gasteiger partial charge on any atom is 0.264 e. The Hall–Kier alpha value is -1.21. The van der Waals surface area contributed by atoms with Crippen LogP contribution in [0.1, 0.15) is 12.8 Å². The number of likely N-dealkylation sites (tertiary alicyclic amines) is 1. The van der Waals surface area contributed by atoms with Gasteiger partial charge >= 0.3 is 0 Å². The Labute approximate surface area is 117 Å². The van der Waals surface area contributed by atoms with E-state index >= 15 is 0 Å². The molecule has 1 saturated carbocycles. The van der Waals surface area contributed by atoms with Crippen molar-refractivity contribution in [2.24, 2.45) is 23.7 Å². The van der Waals surface area contributed by atoms with Gasteiger partial charge in [-0.15, -0.1) is 0 Å². The van der Waals surface area contributed by atoms with E-state index in [2.05, 4.69) is 16.3 Å². The predicted octanol–water partition coefficient (Wildman–Crippen LogP) is 0.160. The molecule has 2 amide bonds. The van der Waals surface area contributed by atoms with Crippen molar-refractivity contribution in [3.8, 4) is 0 Å². The molecule has 2 bridgehead atoms. The van der Waals surface area contributed by atoms with Crippen LogP contribution < -0.4 is 0 Å². The molecular formula is C13H17NO5S. The number of nitrogens with zero attached hydrogens (tertiary/aromatic N) is 1. The van der Waals surface area contributed by atoms with Gasteiger partial charge in [-0.3, -0.25) is 18.7 Å². The van der Waals surface area contributed by atoms with Crippen LogP contribution >= 0.6 is 0 Å². The first-order chi connectivity index (χ1) is 9.38. The second-order valence-corrected chi connectivity index (χ2v) is 7.34. The lowest BCUT2D eigenvalue weighted by molar-refractivity contribution is -0.140. The quantitative estimate of drug-likeness (QED) is 0.420. The predicted molar refractivity (Wildman–Crippen MR) is 69.8 cm³/mol. The topological polar surface area (TPSA) is 80.8 Å². The largest absolute Gasteiger partial charge is 0.280 e. The highest BCUT2D eigenvalue weighted by atomic mass is 32.2. The molecule has 3 aliphatic carbocycles. The van der Waals surface area contributed by atoms with E-state index in [1.807, 2.05) is 0 Å². The molecule has 0 aromatic carbocycles. The SMILES string of the molecule is CS(=O)(=O)OCCN1C(=O)C2C3C=CC(CC3)C2C1=O. The number of carbonyl (C=O) groups excluding carboxylic acids is 2. The summed E-state index contributed by atoms with van der Waals surface area (Å²) in [5.41, 5.74) is 0. The summed E-state index contributed by atoms with van der Waals surface area (Å²) in [6.45, 7) is -0.157. The highest BCUT2D eigenvalue weighted by Crippen LogP contribution is 2.49. The van der Waals surface area contributed by atoms with Crippen LogP contribution in [-0.2, 0) is 23.9 Å². The third-order valence-electron chi connectivity index (χ3n) is 4.46. The van der Waals surface area contributed by atoms with E-state index in [1.54, 1.807) is 0 Å². The third kappa shape index (κ3) is 2.18. The van der Waals surface area contributed by atoms with E-state index < -0.39 is 10.1 Å². The summed E-state index contributed by atoms with van der Waals surface area (Å²) in [7, 11) is -3.55. The van der Waals surface area contributed by atoms with Gasteiger partial charge in [0.1, 0.15) is 0 Å². The molecule has 20 heavy (non-hydrogen) atoms. The molecule has 7 heteroatoms. The Balaban J connectivity index is 1.72. The van der Waals surface area contributed by atoms with Gasteiger partial charge < -0.3 is 0 Å². The molecule has 2 fully saturated rings. The van der Waals surface area contributed by atoms with Crippen molar-refractivity contribution in [3.63, 3.8) is 0 Å². The van der Waals surface area contributed by atoms with Gasteiger partial charge in [0.25, 0.3) is 10.1 Å². The van der Waals surface area contributed by atoms with Crippen LogP contribution in [0.5, 0.6) is 0 Å². The number of hydrogen-bond donors (Lipinski definition) is 0. The van der Waals surface area contributed by atoms with Crippen LogP contribution in [-0.4, -0.2) is 44.5 Å². The van der Waals surface area contributed by atoms with Crippen LogP contribution in [0.15, 0.2) is 12.2 Å². The van der Waals surface area contributed by atoms with Crippen molar-refractivity contribution in [2.75, 3.05) is 19.4 Å². The van der Waals surface area contributed by atoms with Gasteiger partial charge in [-0.05, 0) is 24.7 Å². The molecule has 1 heterocycles. The molecule has 0 aromatic rings. The highest BCUT2D eigenvalue weighted by Gasteiger charge is 2.56. The molecule has 0 radical (unpaired) electrons. The fourth-order valence-corrected chi connectivity index (χ4v) is 4.01. The molecule has 0 spiro atoms. The van der Waals surface area contributed by atoms with Crippen molar-refractivity contribution in [2.45, 2.75) is 12.8 Å². The summed E-state index contributed by atoms with van der Waals surface area (Å²) in [6.07, 6.45) is 6.96. The summed E-state index contributed by atoms with van der Waals surface area (Å²) in [5, 5.41) is 0. The number of imide groups is 1. The summed E-state index contributed by atoms with van der Waals surface area (Å²) >= 11 is 0. The van der Waals surface area contributed by atoms with Crippen molar-refractivity contribution in [1.29, 1.82) is 0 Å². The van der Waals surface area contributed by atoms with Gasteiger partial charge in [-0.2, -0.15) is 8.42 Å². The zero-order chi connectivity index (χ0) is 14.5. The first-order valence-electron chi connectivity index (χ1n) is 6.76. The molecular weight excluding hydrogens is 282 g/mol. The Bertz CT molecular complexity index is 550. The van der Waals surface area contributed by atoms with E-state index in [0.717, 1.165) is 19.1 Å². The first kappa shape index (κ1) is 13.8. The molecule has 4 atom stereocenters. The Kier molecular flexibility index (Phi) is 3.21. The van der Waals surface area contributed by atoms with Crippen LogP contribution in [0, 0.1) is 23.7 Å². The lowest BCUT2D eigenvalue weighted by atomic mass is 9.63. The van der Waals surface area contributed by atoms with E-state index in [1.165, 1.54) is 4.90 Å². The summed E-state index contributed by atoms with van der Waals surface area (Å²) in [4.78, 5) is 25.9. The smallest absolute Gasteiger partial charge is 0.264 e. The van der Waals surface area contributed by atoms with Gasteiger partial charge in [0.05, 0.1) is 31.2 Å². The number of hydrogen-bond acceptors (Lipinski definition) is 5. The Morgan fingerprint density at radius 1 is 1.15 bits per heavy atom. The molecule has 4 rings (SSSR count). The second-order valence-electron chi connectivity index (χ2n) is 5.70. The molecule has 0 aromatic heterocycles. The van der Waals surface area contributed by atoms with Crippen LogP contribution in [0.4, 0.5) is 0 Å². The van der Waals surface area contributed by atoms with E-state index in [0.29, 0.717) is 0 Å². The van der Waals surface area contributed by atoms with Gasteiger partial charge in [-0.1, -0.05) is 12.2 Å². The maximum atomic E-state index is 12.4. The molecule has 1 aliphatic heterocycles. The van der Waals surface area contributed by atoms with E-state index in [4.69, 9.17) is 0 Å². The average molecular weight is 299 g/mol. The van der Waals surface area contributed by atoms with Crippen molar-refractivity contribution < 1.29 is 22.2 Å². The molecule has 1 saturated heterocycles. The average Bonchev–Trinajstić information content (AvgIpc) is 2.66. The number of fused-ring (bicyclic) bond motifs is 1. The van der Waals surface area contributed by atoms with E-state index in [9.17, 15) is 18.0 Å². The minimum atomic E-state index is -3.55.